The summed E-state index contributed by atoms with van der Waals surface area (Å²) in [5.74, 6) is -0.271. The van der Waals surface area contributed by atoms with Gasteiger partial charge >= 0.3 is 5.97 Å². The summed E-state index contributed by atoms with van der Waals surface area (Å²) >= 11 is 0. The molecule has 0 amide bonds. The lowest BCUT2D eigenvalue weighted by molar-refractivity contribution is 0.0518. The average molecular weight is 367 g/mol. The summed E-state index contributed by atoms with van der Waals surface area (Å²) in [6.07, 6.45) is 1.63. The molecule has 0 saturated heterocycles. The van der Waals surface area contributed by atoms with Gasteiger partial charge in [0.05, 0.1) is 42.5 Å². The zero-order valence-corrected chi connectivity index (χ0v) is 15.5. The van der Waals surface area contributed by atoms with Crippen molar-refractivity contribution < 1.29 is 14.6 Å². The van der Waals surface area contributed by atoms with Crippen molar-refractivity contribution in [2.45, 2.75) is 39.8 Å². The first-order chi connectivity index (χ1) is 13.0. The van der Waals surface area contributed by atoms with E-state index in [0.29, 0.717) is 12.2 Å². The monoisotopic (exact) mass is 367 g/mol. The minimum absolute atomic E-state index is 0.0588. The van der Waals surface area contributed by atoms with Crippen molar-refractivity contribution in [2.75, 3.05) is 6.61 Å². The van der Waals surface area contributed by atoms with E-state index in [-0.39, 0.29) is 24.8 Å². The molecule has 1 aliphatic rings. The second kappa shape index (κ2) is 6.62. The van der Waals surface area contributed by atoms with E-state index in [4.69, 9.17) is 4.74 Å². The molecule has 4 rings (SSSR count). The van der Waals surface area contributed by atoms with Crippen LogP contribution in [0.3, 0.4) is 0 Å². The molecule has 8 nitrogen and oxygen atoms in total. The molecule has 0 fully saturated rings. The van der Waals surface area contributed by atoms with Crippen LogP contribution in [0, 0.1) is 0 Å². The molecule has 0 aliphatic carbocycles. The third-order valence-corrected chi connectivity index (χ3v) is 4.70. The Hall–Kier alpha value is -3.00. The number of rotatable bonds is 4. The first kappa shape index (κ1) is 17.4. The van der Waals surface area contributed by atoms with Gasteiger partial charge in [0.25, 0.3) is 0 Å². The molecule has 0 atom stereocenters. The molecule has 3 aromatic rings. The lowest BCUT2D eigenvalue weighted by Crippen LogP contribution is -2.12. The highest BCUT2D eigenvalue weighted by atomic mass is 16.5. The zero-order chi connectivity index (χ0) is 19.1. The summed E-state index contributed by atoms with van der Waals surface area (Å²) in [5.41, 5.74) is 5.32. The second-order valence-corrected chi connectivity index (χ2v) is 6.78. The molecule has 0 spiro atoms. The summed E-state index contributed by atoms with van der Waals surface area (Å²) in [6, 6.07) is 5.73. The van der Waals surface area contributed by atoms with Crippen molar-refractivity contribution in [1.82, 2.24) is 24.5 Å². The summed E-state index contributed by atoms with van der Waals surface area (Å²) in [5, 5.41) is 18.3. The number of carbonyl (C=O) groups excluding carboxylic acids is 1. The quantitative estimate of drug-likeness (QED) is 0.556. The largest absolute Gasteiger partial charge is 0.461 e. The van der Waals surface area contributed by atoms with Crippen LogP contribution in [0.4, 0.5) is 0 Å². The Bertz CT molecular complexity index is 1020. The molecule has 1 aliphatic heterocycles. The highest BCUT2D eigenvalue weighted by Crippen LogP contribution is 2.36. The molecular weight excluding hydrogens is 346 g/mol. The van der Waals surface area contributed by atoms with Gasteiger partial charge in [-0.15, -0.1) is 5.10 Å². The average Bonchev–Trinajstić information content (AvgIpc) is 3.23. The topological polar surface area (TPSA) is 95.1 Å². The molecule has 8 heteroatoms. The molecule has 2 aromatic heterocycles. The molecule has 0 unspecified atom stereocenters. The number of aliphatic hydroxyl groups excluding tert-OH is 1. The number of imidazole rings is 1. The molecule has 3 heterocycles. The molecule has 1 N–H and O–H groups in total. The smallest absolute Gasteiger partial charge is 0.358 e. The molecular formula is C19H21N5O3. The number of ether oxygens (including phenoxy) is 1. The second-order valence-electron chi connectivity index (χ2n) is 6.78. The molecule has 0 saturated carbocycles. The van der Waals surface area contributed by atoms with Crippen LogP contribution in [0.2, 0.25) is 0 Å². The van der Waals surface area contributed by atoms with Gasteiger partial charge in [0.15, 0.2) is 5.69 Å². The van der Waals surface area contributed by atoms with Crippen LogP contribution in [-0.2, 0) is 17.9 Å². The SMILES string of the molecule is CCOC(=O)c1ncn2c1Cn1nnc(C(C)C)c1-c1cc(CO)ccc1-2. The summed E-state index contributed by atoms with van der Waals surface area (Å²) in [4.78, 5) is 16.6. The first-order valence-electron chi connectivity index (χ1n) is 8.96. The lowest BCUT2D eigenvalue weighted by atomic mass is 10.00. The Balaban J connectivity index is 1.99. The van der Waals surface area contributed by atoms with Gasteiger partial charge in [-0.25, -0.2) is 14.5 Å². The lowest BCUT2D eigenvalue weighted by Gasteiger charge is -2.12. The number of carbonyl (C=O) groups is 1. The Kier molecular flexibility index (Phi) is 4.27. The van der Waals surface area contributed by atoms with E-state index in [9.17, 15) is 9.90 Å². The fourth-order valence-electron chi connectivity index (χ4n) is 3.43. The number of aromatic nitrogens is 5. The van der Waals surface area contributed by atoms with E-state index in [0.717, 1.165) is 28.2 Å². The number of fused-ring (bicyclic) bond motifs is 5. The predicted octanol–water partition coefficient (Wildman–Crippen LogP) is 2.28. The standard InChI is InChI=1S/C19H21N5O3/c1-4-27-19(26)17-15-8-24-18(16(11(2)3)21-22-24)13-7-12(9-25)5-6-14(13)23(15)10-20-17/h5-7,10-11,25H,4,8-9H2,1-3H3. The number of aliphatic hydroxyl groups is 1. The van der Waals surface area contributed by atoms with E-state index in [1.165, 1.54) is 0 Å². The van der Waals surface area contributed by atoms with Crippen molar-refractivity contribution in [3.8, 4) is 16.9 Å². The Morgan fingerprint density at radius 3 is 2.89 bits per heavy atom. The summed E-state index contributed by atoms with van der Waals surface area (Å²) in [7, 11) is 0. The Labute approximate surface area is 156 Å². The maximum atomic E-state index is 12.4. The summed E-state index contributed by atoms with van der Waals surface area (Å²) < 4.78 is 8.84. The van der Waals surface area contributed by atoms with E-state index in [2.05, 4.69) is 29.1 Å². The van der Waals surface area contributed by atoms with E-state index in [1.807, 2.05) is 22.8 Å². The van der Waals surface area contributed by atoms with E-state index < -0.39 is 5.97 Å². The normalized spacial score (nSPS) is 12.3. The van der Waals surface area contributed by atoms with Gasteiger partial charge in [-0.05, 0) is 30.5 Å². The minimum Gasteiger partial charge on any atom is -0.461 e. The fraction of sp³-hybridized carbons (Fsp3) is 0.368. The molecule has 0 radical (unpaired) electrons. The molecule has 1 aromatic carbocycles. The van der Waals surface area contributed by atoms with Gasteiger partial charge in [-0.3, -0.25) is 4.57 Å². The van der Waals surface area contributed by atoms with Gasteiger partial charge in [0, 0.05) is 5.56 Å². The van der Waals surface area contributed by atoms with E-state index >= 15 is 0 Å². The van der Waals surface area contributed by atoms with Crippen molar-refractivity contribution in [1.29, 1.82) is 0 Å². The highest BCUT2D eigenvalue weighted by Gasteiger charge is 2.29. The number of esters is 1. The Morgan fingerprint density at radius 1 is 1.37 bits per heavy atom. The first-order valence-corrected chi connectivity index (χ1v) is 8.96. The Morgan fingerprint density at radius 2 is 2.19 bits per heavy atom. The van der Waals surface area contributed by atoms with Gasteiger partial charge in [0.2, 0.25) is 0 Å². The van der Waals surface area contributed by atoms with Gasteiger partial charge < -0.3 is 9.84 Å². The van der Waals surface area contributed by atoms with Gasteiger partial charge in [-0.1, -0.05) is 25.1 Å². The summed E-state index contributed by atoms with van der Waals surface area (Å²) in [6.45, 7) is 6.48. The molecule has 140 valence electrons. The third-order valence-electron chi connectivity index (χ3n) is 4.70. The number of benzene rings is 1. The van der Waals surface area contributed by atoms with Crippen molar-refractivity contribution in [3.63, 3.8) is 0 Å². The van der Waals surface area contributed by atoms with Crippen LogP contribution in [0.1, 0.15) is 54.1 Å². The predicted molar refractivity (Wildman–Crippen MR) is 97.7 cm³/mol. The number of hydrogen-bond donors (Lipinski definition) is 1. The third kappa shape index (κ3) is 2.73. The van der Waals surface area contributed by atoms with Crippen molar-refractivity contribution in [3.05, 3.63) is 47.2 Å². The maximum Gasteiger partial charge on any atom is 0.358 e. The number of nitrogens with zero attached hydrogens (tertiary/aromatic N) is 5. The van der Waals surface area contributed by atoms with Crippen LogP contribution in [-0.4, -0.2) is 42.2 Å². The molecule has 27 heavy (non-hydrogen) atoms. The van der Waals surface area contributed by atoms with E-state index in [1.54, 1.807) is 17.9 Å². The van der Waals surface area contributed by atoms with Crippen LogP contribution < -0.4 is 0 Å². The van der Waals surface area contributed by atoms with Crippen LogP contribution in [0.5, 0.6) is 0 Å². The fourth-order valence-corrected chi connectivity index (χ4v) is 3.43. The minimum atomic E-state index is -0.451. The van der Waals surface area contributed by atoms with Crippen LogP contribution in [0.25, 0.3) is 16.9 Å². The van der Waals surface area contributed by atoms with Gasteiger partial charge in [0.1, 0.15) is 6.33 Å². The van der Waals surface area contributed by atoms with Crippen LogP contribution >= 0.6 is 0 Å². The number of hydrogen-bond acceptors (Lipinski definition) is 6. The molecule has 0 bridgehead atoms. The van der Waals surface area contributed by atoms with Crippen molar-refractivity contribution >= 4 is 5.97 Å². The van der Waals surface area contributed by atoms with Gasteiger partial charge in [-0.2, -0.15) is 0 Å². The maximum absolute atomic E-state index is 12.4. The zero-order valence-electron chi connectivity index (χ0n) is 15.5. The highest BCUT2D eigenvalue weighted by molar-refractivity contribution is 5.89. The van der Waals surface area contributed by atoms with Crippen molar-refractivity contribution in [2.24, 2.45) is 0 Å². The van der Waals surface area contributed by atoms with Crippen LogP contribution in [0.15, 0.2) is 24.5 Å².